The molecule has 2 aliphatic rings. The second-order valence-electron chi connectivity index (χ2n) is 12.9. The van der Waals surface area contributed by atoms with E-state index in [-0.39, 0.29) is 11.5 Å². The van der Waals surface area contributed by atoms with Crippen LogP contribution in [0.3, 0.4) is 0 Å². The second-order valence-corrected chi connectivity index (χ2v) is 12.9. The number of carbonyl (C=O) groups is 2. The Kier molecular flexibility index (Phi) is 13.0. The molecule has 6 rings (SSSR count). The molecular formula is C38H40N4O14. The maximum Gasteiger partial charge on any atom is 0.255 e. The van der Waals surface area contributed by atoms with Crippen LogP contribution >= 0.6 is 0 Å². The molecule has 296 valence electrons. The van der Waals surface area contributed by atoms with Crippen LogP contribution in [0.2, 0.25) is 0 Å². The standard InChI is InChI=1S/C38H40N4O14/c43-17-27-29(45)31(47)33(49)37(55-27)53-25-13-9-21(10-14-25)39-35(51)19-1-5-23(6-2-19)41-42-24-7-3-20(4-8-24)36(52)40-22-11-15-26(16-12-22)54-38-34(50)32(48)30(46)28(18-44)56-38/h1-16,27-34,37-38,43-50H,17-18H2,(H,39,51)(H,40,52)/t27?,28?,29-,30+,31+,32?,33?,34-,37-,38+/m1/s1. The van der Waals surface area contributed by atoms with E-state index in [0.717, 1.165) is 0 Å². The van der Waals surface area contributed by atoms with Crippen molar-refractivity contribution in [1.82, 2.24) is 0 Å². The van der Waals surface area contributed by atoms with Crippen molar-refractivity contribution in [2.45, 2.75) is 61.4 Å². The Hall–Kier alpha value is -5.38. The molecule has 2 saturated heterocycles. The molecular weight excluding hydrogens is 736 g/mol. The van der Waals surface area contributed by atoms with Gasteiger partial charge in [-0.25, -0.2) is 0 Å². The van der Waals surface area contributed by atoms with E-state index in [1.165, 1.54) is 24.3 Å². The molecule has 0 aromatic heterocycles. The average Bonchev–Trinajstić information content (AvgIpc) is 3.22. The van der Waals surface area contributed by atoms with Crippen LogP contribution in [-0.2, 0) is 9.47 Å². The van der Waals surface area contributed by atoms with E-state index in [1.807, 2.05) is 0 Å². The first-order valence-corrected chi connectivity index (χ1v) is 17.3. The summed E-state index contributed by atoms with van der Waals surface area (Å²) in [4.78, 5) is 25.7. The van der Waals surface area contributed by atoms with Gasteiger partial charge in [0.25, 0.3) is 11.8 Å². The van der Waals surface area contributed by atoms with Gasteiger partial charge in [-0.3, -0.25) is 9.59 Å². The number of anilines is 2. The quantitative estimate of drug-likeness (QED) is 0.0898. The fourth-order valence-electron chi connectivity index (χ4n) is 5.71. The number of azo groups is 1. The van der Waals surface area contributed by atoms with Crippen molar-refractivity contribution in [3.63, 3.8) is 0 Å². The largest absolute Gasteiger partial charge is 0.462 e. The predicted molar refractivity (Wildman–Crippen MR) is 195 cm³/mol. The molecule has 2 heterocycles. The fourth-order valence-corrected chi connectivity index (χ4v) is 5.71. The van der Waals surface area contributed by atoms with Crippen molar-refractivity contribution in [3.8, 4) is 11.5 Å². The Labute approximate surface area is 318 Å². The molecule has 2 amide bonds. The number of nitrogens with zero attached hydrogens (tertiary/aromatic N) is 2. The average molecular weight is 777 g/mol. The van der Waals surface area contributed by atoms with Crippen LogP contribution in [0, 0.1) is 0 Å². The van der Waals surface area contributed by atoms with Crippen LogP contribution in [0.1, 0.15) is 20.7 Å². The Morgan fingerprint density at radius 1 is 0.500 bits per heavy atom. The highest BCUT2D eigenvalue weighted by atomic mass is 16.7. The third kappa shape index (κ3) is 9.52. The number of rotatable bonds is 12. The third-order valence-electron chi connectivity index (χ3n) is 8.97. The molecule has 56 heavy (non-hydrogen) atoms. The highest BCUT2D eigenvalue weighted by Gasteiger charge is 2.45. The Morgan fingerprint density at radius 3 is 1.16 bits per heavy atom. The lowest BCUT2D eigenvalue weighted by Crippen LogP contribution is -2.60. The summed E-state index contributed by atoms with van der Waals surface area (Å²) >= 11 is 0. The summed E-state index contributed by atoms with van der Waals surface area (Å²) in [5.41, 5.74) is 2.51. The molecule has 0 saturated carbocycles. The van der Waals surface area contributed by atoms with Crippen LogP contribution in [-0.4, -0.2) is 127 Å². The van der Waals surface area contributed by atoms with Crippen LogP contribution in [0.15, 0.2) is 107 Å². The molecule has 0 bridgehead atoms. The van der Waals surface area contributed by atoms with Crippen LogP contribution in [0.5, 0.6) is 11.5 Å². The molecule has 0 spiro atoms. The minimum Gasteiger partial charge on any atom is -0.462 e. The molecule has 0 radical (unpaired) electrons. The molecule has 18 nitrogen and oxygen atoms in total. The van der Waals surface area contributed by atoms with E-state index in [1.54, 1.807) is 72.8 Å². The Balaban J connectivity index is 0.963. The molecule has 4 aromatic rings. The molecule has 10 N–H and O–H groups in total. The van der Waals surface area contributed by atoms with Crippen molar-refractivity contribution in [3.05, 3.63) is 108 Å². The lowest BCUT2D eigenvalue weighted by atomic mass is 9.99. The number of aliphatic hydroxyl groups is 8. The number of carbonyl (C=O) groups excluding carboxylic acids is 2. The van der Waals surface area contributed by atoms with Gasteiger partial charge < -0.3 is 70.4 Å². The van der Waals surface area contributed by atoms with E-state index in [0.29, 0.717) is 33.9 Å². The van der Waals surface area contributed by atoms with E-state index < -0.39 is 86.4 Å². The summed E-state index contributed by atoms with van der Waals surface area (Å²) in [6.45, 7) is -1.17. The first-order valence-electron chi connectivity index (χ1n) is 17.3. The van der Waals surface area contributed by atoms with Crippen molar-refractivity contribution in [2.75, 3.05) is 23.8 Å². The van der Waals surface area contributed by atoms with Gasteiger partial charge in [0.05, 0.1) is 24.6 Å². The van der Waals surface area contributed by atoms with Crippen LogP contribution in [0.25, 0.3) is 0 Å². The van der Waals surface area contributed by atoms with Crippen molar-refractivity contribution in [2.24, 2.45) is 10.2 Å². The van der Waals surface area contributed by atoms with Gasteiger partial charge in [0.1, 0.15) is 60.3 Å². The summed E-state index contributed by atoms with van der Waals surface area (Å²) in [5, 5.41) is 92.7. The summed E-state index contributed by atoms with van der Waals surface area (Å²) in [6, 6.07) is 25.0. The third-order valence-corrected chi connectivity index (χ3v) is 8.97. The molecule has 0 aliphatic carbocycles. The molecule has 4 unspecified atom stereocenters. The lowest BCUT2D eigenvalue weighted by molar-refractivity contribution is -0.277. The van der Waals surface area contributed by atoms with E-state index in [2.05, 4.69) is 20.9 Å². The van der Waals surface area contributed by atoms with E-state index >= 15 is 0 Å². The van der Waals surface area contributed by atoms with Gasteiger partial charge in [-0.1, -0.05) is 0 Å². The van der Waals surface area contributed by atoms with Crippen molar-refractivity contribution in [1.29, 1.82) is 0 Å². The Morgan fingerprint density at radius 2 is 0.839 bits per heavy atom. The zero-order chi connectivity index (χ0) is 39.9. The summed E-state index contributed by atoms with van der Waals surface area (Å²) in [5.74, 6) is -0.313. The SMILES string of the molecule is O=C(Nc1ccc(O[C@@H]2OC(CO)[C@@H](O)[C@H](O)C2O)cc1)c1ccc(N=Nc2ccc(C(=O)Nc3ccc(O[C@H]4OC(CO)[C@H](O)C(O)[C@H]4O)cc3)cc2)cc1. The minimum atomic E-state index is -1.58. The first kappa shape index (κ1) is 40.3. The number of amides is 2. The zero-order valence-corrected chi connectivity index (χ0v) is 29.3. The second kappa shape index (κ2) is 18.0. The van der Waals surface area contributed by atoms with E-state index in [9.17, 15) is 50.4 Å². The minimum absolute atomic E-state index is 0.244. The number of hydrogen-bond donors (Lipinski definition) is 10. The van der Waals surface area contributed by atoms with Crippen molar-refractivity contribution >= 4 is 34.6 Å². The van der Waals surface area contributed by atoms with Gasteiger partial charge in [-0.15, -0.1) is 0 Å². The summed E-state index contributed by atoms with van der Waals surface area (Å²) < 4.78 is 21.8. The summed E-state index contributed by atoms with van der Waals surface area (Å²) in [6.07, 6.45) is -14.2. The van der Waals surface area contributed by atoms with Gasteiger partial charge >= 0.3 is 0 Å². The van der Waals surface area contributed by atoms with Gasteiger partial charge in [-0.05, 0) is 97.1 Å². The number of benzene rings is 4. The highest BCUT2D eigenvalue weighted by molar-refractivity contribution is 6.05. The van der Waals surface area contributed by atoms with Crippen molar-refractivity contribution < 1.29 is 69.4 Å². The topological polar surface area (TPSA) is 282 Å². The first-order chi connectivity index (χ1) is 26.9. The van der Waals surface area contributed by atoms with Gasteiger partial charge in [0.2, 0.25) is 12.6 Å². The predicted octanol–water partition coefficient (Wildman–Crippen LogP) is 0.964. The van der Waals surface area contributed by atoms with Crippen LogP contribution < -0.4 is 20.1 Å². The summed E-state index contributed by atoms with van der Waals surface area (Å²) in [7, 11) is 0. The normalized spacial score (nSPS) is 27.7. The van der Waals surface area contributed by atoms with Crippen LogP contribution in [0.4, 0.5) is 22.7 Å². The number of ether oxygens (including phenoxy) is 4. The zero-order valence-electron chi connectivity index (χ0n) is 29.3. The number of aliphatic hydroxyl groups excluding tert-OH is 8. The number of nitrogens with one attached hydrogen (secondary N) is 2. The molecule has 18 heteroatoms. The molecule has 2 aliphatic heterocycles. The smallest absolute Gasteiger partial charge is 0.255 e. The molecule has 2 fully saturated rings. The maximum absolute atomic E-state index is 12.8. The van der Waals surface area contributed by atoms with Gasteiger partial charge in [0.15, 0.2) is 0 Å². The molecule has 10 atom stereocenters. The van der Waals surface area contributed by atoms with Gasteiger partial charge in [-0.2, -0.15) is 10.2 Å². The van der Waals surface area contributed by atoms with E-state index in [4.69, 9.17) is 18.9 Å². The highest BCUT2D eigenvalue weighted by Crippen LogP contribution is 2.28. The lowest BCUT2D eigenvalue weighted by Gasteiger charge is -2.39. The Bertz CT molecular complexity index is 1800. The monoisotopic (exact) mass is 776 g/mol. The fraction of sp³-hybridized carbons (Fsp3) is 0.316. The van der Waals surface area contributed by atoms with Gasteiger partial charge in [0, 0.05) is 22.5 Å². The molecule has 4 aromatic carbocycles. The number of hydrogen-bond acceptors (Lipinski definition) is 16. The maximum atomic E-state index is 12.8.